The zero-order valence-electron chi connectivity index (χ0n) is 23.8. The van der Waals surface area contributed by atoms with Gasteiger partial charge in [0.25, 0.3) is 5.91 Å². The Morgan fingerprint density at radius 3 is 1.98 bits per heavy atom. The molecule has 1 unspecified atom stereocenters. The normalized spacial score (nSPS) is 25.5. The van der Waals surface area contributed by atoms with E-state index in [2.05, 4.69) is 0 Å². The van der Waals surface area contributed by atoms with Crippen molar-refractivity contribution in [2.45, 2.75) is 44.2 Å². The number of hydrogen-bond donors (Lipinski definition) is 2. The van der Waals surface area contributed by atoms with E-state index in [1.165, 1.54) is 19.3 Å². The van der Waals surface area contributed by atoms with Crippen molar-refractivity contribution in [3.8, 4) is 0 Å². The van der Waals surface area contributed by atoms with Crippen LogP contribution in [-0.2, 0) is 4.57 Å². The van der Waals surface area contributed by atoms with Gasteiger partial charge in [-0.05, 0) is 94.9 Å². The molecular formula is C35H36NO5P. The summed E-state index contributed by atoms with van der Waals surface area (Å²) >= 11 is 0. The molecule has 216 valence electrons. The van der Waals surface area contributed by atoms with E-state index >= 15 is 0 Å². The first-order valence-corrected chi connectivity index (χ1v) is 16.6. The van der Waals surface area contributed by atoms with Gasteiger partial charge in [0, 0.05) is 19.2 Å². The van der Waals surface area contributed by atoms with Crippen LogP contribution in [0.15, 0.2) is 78.9 Å². The van der Waals surface area contributed by atoms with Crippen molar-refractivity contribution < 1.29 is 23.9 Å². The summed E-state index contributed by atoms with van der Waals surface area (Å²) in [6.45, 7) is 0.636. The summed E-state index contributed by atoms with van der Waals surface area (Å²) in [6, 6.07) is 23.2. The van der Waals surface area contributed by atoms with Crippen LogP contribution in [0.2, 0.25) is 0 Å². The first kappa shape index (κ1) is 27.5. The highest BCUT2D eigenvalue weighted by molar-refractivity contribution is 7.53. The van der Waals surface area contributed by atoms with Crippen molar-refractivity contribution in [1.29, 1.82) is 0 Å². The molecule has 0 aliphatic heterocycles. The number of hydrogen-bond acceptors (Lipinski definition) is 3. The Morgan fingerprint density at radius 2 is 1.36 bits per heavy atom. The number of carbonyl (C=O) groups excluding carboxylic acids is 2. The quantitative estimate of drug-likeness (QED) is 0.175. The van der Waals surface area contributed by atoms with Gasteiger partial charge >= 0.3 is 7.60 Å². The highest BCUT2D eigenvalue weighted by Crippen LogP contribution is 2.60. The van der Waals surface area contributed by atoms with Crippen molar-refractivity contribution in [3.05, 3.63) is 95.6 Å². The van der Waals surface area contributed by atoms with E-state index in [0.29, 0.717) is 17.3 Å². The van der Waals surface area contributed by atoms with Crippen LogP contribution >= 0.6 is 7.60 Å². The van der Waals surface area contributed by atoms with E-state index in [0.717, 1.165) is 47.8 Å². The van der Waals surface area contributed by atoms with Crippen molar-refractivity contribution in [3.63, 3.8) is 0 Å². The Balaban J connectivity index is 1.31. The number of carbonyl (C=O) groups is 2. The van der Waals surface area contributed by atoms with Crippen LogP contribution in [0.1, 0.15) is 70.5 Å². The zero-order chi connectivity index (χ0) is 29.2. The number of ketones is 1. The highest BCUT2D eigenvalue weighted by atomic mass is 31.2. The third kappa shape index (κ3) is 4.70. The molecule has 4 aromatic carbocycles. The predicted molar refractivity (Wildman–Crippen MR) is 165 cm³/mol. The van der Waals surface area contributed by atoms with Crippen LogP contribution in [0.4, 0.5) is 0 Å². The fraction of sp³-hybridized carbons (Fsp3) is 0.371. The summed E-state index contributed by atoms with van der Waals surface area (Å²) in [5.41, 5.74) is -1.07. The molecule has 0 heterocycles. The number of benzene rings is 4. The van der Waals surface area contributed by atoms with Gasteiger partial charge in [0.1, 0.15) is 5.66 Å². The SMILES string of the molecule is CN(CC12CC3CC(CC(C3)C1)C2)C(=O)c1c(C(=O)C(c2cccc3ccccc23)P(=O)(O)O)ccc2ccccc12. The summed E-state index contributed by atoms with van der Waals surface area (Å²) in [4.78, 5) is 51.8. The minimum atomic E-state index is -4.98. The number of amides is 1. The predicted octanol–water partition coefficient (Wildman–Crippen LogP) is 7.38. The van der Waals surface area contributed by atoms with Crippen LogP contribution in [-0.4, -0.2) is 40.0 Å². The molecule has 0 spiro atoms. The number of nitrogens with zero attached hydrogens (tertiary/aromatic N) is 1. The molecule has 7 heteroatoms. The van der Waals surface area contributed by atoms with Crippen LogP contribution in [0, 0.1) is 23.2 Å². The molecule has 4 bridgehead atoms. The number of rotatable bonds is 7. The van der Waals surface area contributed by atoms with Gasteiger partial charge < -0.3 is 14.7 Å². The second-order valence-electron chi connectivity index (χ2n) is 13.2. The molecule has 1 amide bonds. The van der Waals surface area contributed by atoms with Crippen molar-refractivity contribution >= 4 is 40.8 Å². The maximum Gasteiger partial charge on any atom is 0.340 e. The van der Waals surface area contributed by atoms with Crippen LogP contribution in [0.5, 0.6) is 0 Å². The first-order valence-electron chi connectivity index (χ1n) is 15.0. The average Bonchev–Trinajstić information content (AvgIpc) is 2.94. The maximum atomic E-state index is 14.4. The lowest BCUT2D eigenvalue weighted by molar-refractivity contribution is -0.0629. The molecule has 4 saturated carbocycles. The third-order valence-electron chi connectivity index (χ3n) is 10.2. The summed E-state index contributed by atoms with van der Waals surface area (Å²) in [7, 11) is -3.16. The van der Waals surface area contributed by atoms with E-state index in [4.69, 9.17) is 0 Å². The molecule has 4 aromatic rings. The summed E-state index contributed by atoms with van der Waals surface area (Å²) in [5.74, 6) is 1.24. The fourth-order valence-electron chi connectivity index (χ4n) is 9.07. The molecule has 0 radical (unpaired) electrons. The van der Waals surface area contributed by atoms with Gasteiger partial charge in [0.15, 0.2) is 5.78 Å². The lowest BCUT2D eigenvalue weighted by Crippen LogP contribution is -2.51. The molecule has 2 N–H and O–H groups in total. The van der Waals surface area contributed by atoms with E-state index in [1.807, 2.05) is 49.5 Å². The van der Waals surface area contributed by atoms with E-state index < -0.39 is 19.0 Å². The molecule has 0 aromatic heterocycles. The molecule has 4 aliphatic carbocycles. The minimum Gasteiger partial charge on any atom is -0.341 e. The molecule has 42 heavy (non-hydrogen) atoms. The molecule has 6 nitrogen and oxygen atoms in total. The second-order valence-corrected chi connectivity index (χ2v) is 14.9. The Morgan fingerprint density at radius 1 is 0.810 bits per heavy atom. The molecular weight excluding hydrogens is 545 g/mol. The lowest BCUT2D eigenvalue weighted by Gasteiger charge is -2.57. The lowest BCUT2D eigenvalue weighted by atomic mass is 9.49. The van der Waals surface area contributed by atoms with Crippen molar-refractivity contribution in [2.75, 3.05) is 13.6 Å². The van der Waals surface area contributed by atoms with Gasteiger partial charge in [-0.1, -0.05) is 72.8 Å². The van der Waals surface area contributed by atoms with Crippen molar-refractivity contribution in [1.82, 2.24) is 4.90 Å². The number of Topliss-reactive ketones (excluding diaryl/α,β-unsaturated/α-hetero) is 1. The van der Waals surface area contributed by atoms with Gasteiger partial charge in [-0.25, -0.2) is 0 Å². The van der Waals surface area contributed by atoms with Gasteiger partial charge in [-0.15, -0.1) is 0 Å². The van der Waals surface area contributed by atoms with Gasteiger partial charge in [-0.3, -0.25) is 14.2 Å². The van der Waals surface area contributed by atoms with Crippen LogP contribution in [0.25, 0.3) is 21.5 Å². The maximum absolute atomic E-state index is 14.4. The Labute approximate surface area is 245 Å². The Kier molecular flexibility index (Phi) is 6.65. The zero-order valence-corrected chi connectivity index (χ0v) is 24.7. The molecule has 8 rings (SSSR count). The van der Waals surface area contributed by atoms with E-state index in [9.17, 15) is 23.9 Å². The molecule has 0 saturated heterocycles. The van der Waals surface area contributed by atoms with E-state index in [1.54, 1.807) is 41.3 Å². The van der Waals surface area contributed by atoms with Gasteiger partial charge in [0.2, 0.25) is 0 Å². The summed E-state index contributed by atoms with van der Waals surface area (Å²) < 4.78 is 13.1. The largest absolute Gasteiger partial charge is 0.341 e. The molecule has 4 aliphatic rings. The third-order valence-corrected chi connectivity index (χ3v) is 11.4. The van der Waals surface area contributed by atoms with Gasteiger partial charge in [0.05, 0.1) is 5.56 Å². The van der Waals surface area contributed by atoms with Crippen LogP contribution < -0.4 is 0 Å². The molecule has 1 atom stereocenters. The van der Waals surface area contributed by atoms with E-state index in [-0.39, 0.29) is 28.0 Å². The Hall–Kier alpha value is -3.31. The second kappa shape index (κ2) is 10.2. The number of fused-ring (bicyclic) bond motifs is 2. The topological polar surface area (TPSA) is 94.9 Å². The monoisotopic (exact) mass is 581 g/mol. The highest BCUT2D eigenvalue weighted by Gasteiger charge is 2.51. The summed E-state index contributed by atoms with van der Waals surface area (Å²) in [6.07, 6.45) is 7.41. The summed E-state index contributed by atoms with van der Waals surface area (Å²) in [5, 5.41) is 2.81. The molecule has 4 fully saturated rings. The minimum absolute atomic E-state index is 0.0531. The average molecular weight is 582 g/mol. The fourth-order valence-corrected chi connectivity index (χ4v) is 10.1. The standard InChI is InChI=1S/C35H36NO5P/c1-36(21-35-18-22-15-23(19-35)17-24(16-22)20-35)34(38)31-28-11-5-3-8-26(28)13-14-30(31)32(37)33(42(39,40)41)29-12-6-9-25-7-2-4-10-27(25)29/h2-14,22-24,33H,15-21H2,1H3,(H2,39,40,41). The van der Waals surface area contributed by atoms with Gasteiger partial charge in [-0.2, -0.15) is 0 Å². The smallest absolute Gasteiger partial charge is 0.340 e. The first-order chi connectivity index (χ1) is 20.1. The Bertz CT molecular complexity index is 1730. The van der Waals surface area contributed by atoms with Crippen LogP contribution in [0.3, 0.4) is 0 Å². The van der Waals surface area contributed by atoms with Crippen molar-refractivity contribution in [2.24, 2.45) is 23.2 Å².